The van der Waals surface area contributed by atoms with Crippen molar-refractivity contribution in [2.45, 2.75) is 32.5 Å². The van der Waals surface area contributed by atoms with Gasteiger partial charge in [0, 0.05) is 6.54 Å². The summed E-state index contributed by atoms with van der Waals surface area (Å²) in [6, 6.07) is 12.3. The number of aryl methyl sites for hydroxylation is 1. The zero-order valence-corrected chi connectivity index (χ0v) is 14.1. The first-order valence-corrected chi connectivity index (χ1v) is 7.93. The van der Waals surface area contributed by atoms with Gasteiger partial charge in [0.25, 0.3) is 5.91 Å². The number of alkyl halides is 3. The first kappa shape index (κ1) is 18.8. The minimum Gasteiger partial charge on any atom is -0.481 e. The zero-order valence-electron chi connectivity index (χ0n) is 14.1. The lowest BCUT2D eigenvalue weighted by molar-refractivity contribution is -0.137. The van der Waals surface area contributed by atoms with Gasteiger partial charge in [-0.2, -0.15) is 13.2 Å². The minimum atomic E-state index is -4.34. The van der Waals surface area contributed by atoms with E-state index in [0.29, 0.717) is 18.7 Å². The molecule has 25 heavy (non-hydrogen) atoms. The molecular formula is C19H20F3NO2. The summed E-state index contributed by atoms with van der Waals surface area (Å²) >= 11 is 0. The van der Waals surface area contributed by atoms with Gasteiger partial charge in [-0.05, 0) is 50.1 Å². The van der Waals surface area contributed by atoms with E-state index in [2.05, 4.69) is 5.32 Å². The van der Waals surface area contributed by atoms with Crippen molar-refractivity contribution in [2.75, 3.05) is 6.54 Å². The Labute approximate surface area is 144 Å². The quantitative estimate of drug-likeness (QED) is 0.849. The second kappa shape index (κ2) is 8.05. The van der Waals surface area contributed by atoms with Crippen molar-refractivity contribution in [2.24, 2.45) is 0 Å². The molecule has 1 unspecified atom stereocenters. The molecule has 2 aromatic rings. The summed E-state index contributed by atoms with van der Waals surface area (Å²) in [7, 11) is 0. The SMILES string of the molecule is Cc1ccc(OC(C)C(=O)NCCc2ccc(C(F)(F)F)cc2)cc1. The fourth-order valence-electron chi connectivity index (χ4n) is 2.21. The van der Waals surface area contributed by atoms with E-state index >= 15 is 0 Å². The zero-order chi connectivity index (χ0) is 18.4. The number of benzene rings is 2. The number of ether oxygens (including phenoxy) is 1. The van der Waals surface area contributed by atoms with Crippen molar-refractivity contribution in [1.29, 1.82) is 0 Å². The number of nitrogens with one attached hydrogen (secondary N) is 1. The number of rotatable bonds is 6. The molecule has 0 aliphatic heterocycles. The van der Waals surface area contributed by atoms with Gasteiger partial charge < -0.3 is 10.1 Å². The van der Waals surface area contributed by atoms with E-state index in [1.807, 2.05) is 19.1 Å². The predicted octanol–water partition coefficient (Wildman–Crippen LogP) is 4.14. The molecule has 0 radical (unpaired) electrons. The van der Waals surface area contributed by atoms with E-state index < -0.39 is 17.8 Å². The van der Waals surface area contributed by atoms with Gasteiger partial charge in [-0.3, -0.25) is 4.79 Å². The number of hydrogen-bond donors (Lipinski definition) is 1. The van der Waals surface area contributed by atoms with E-state index in [-0.39, 0.29) is 5.91 Å². The molecule has 1 atom stereocenters. The lowest BCUT2D eigenvalue weighted by Crippen LogP contribution is -2.37. The van der Waals surface area contributed by atoms with E-state index in [0.717, 1.165) is 23.3 Å². The Morgan fingerprint density at radius 1 is 1.08 bits per heavy atom. The molecule has 0 fully saturated rings. The van der Waals surface area contributed by atoms with Gasteiger partial charge in [-0.15, -0.1) is 0 Å². The van der Waals surface area contributed by atoms with Crippen LogP contribution in [-0.2, 0) is 17.4 Å². The molecule has 6 heteroatoms. The molecule has 0 bridgehead atoms. The molecule has 2 aromatic carbocycles. The van der Waals surface area contributed by atoms with Gasteiger partial charge in [0.1, 0.15) is 5.75 Å². The number of hydrogen-bond acceptors (Lipinski definition) is 2. The Morgan fingerprint density at radius 2 is 1.68 bits per heavy atom. The third-order valence-corrected chi connectivity index (χ3v) is 3.70. The average Bonchev–Trinajstić information content (AvgIpc) is 2.56. The normalized spacial score (nSPS) is 12.5. The van der Waals surface area contributed by atoms with Gasteiger partial charge in [0.05, 0.1) is 5.56 Å². The smallest absolute Gasteiger partial charge is 0.416 e. The topological polar surface area (TPSA) is 38.3 Å². The van der Waals surface area contributed by atoms with E-state index in [1.165, 1.54) is 12.1 Å². The molecule has 1 amide bonds. The lowest BCUT2D eigenvalue weighted by atomic mass is 10.1. The Balaban J connectivity index is 1.78. The highest BCUT2D eigenvalue weighted by Gasteiger charge is 2.29. The Kier molecular flexibility index (Phi) is 6.07. The van der Waals surface area contributed by atoms with Crippen LogP contribution in [0.2, 0.25) is 0 Å². The number of carbonyl (C=O) groups excluding carboxylic acids is 1. The molecule has 1 N–H and O–H groups in total. The number of carbonyl (C=O) groups is 1. The van der Waals surface area contributed by atoms with Crippen molar-refractivity contribution < 1.29 is 22.7 Å². The molecule has 3 nitrogen and oxygen atoms in total. The first-order chi connectivity index (χ1) is 11.8. The fourth-order valence-corrected chi connectivity index (χ4v) is 2.21. The third-order valence-electron chi connectivity index (χ3n) is 3.70. The standard InChI is InChI=1S/C19H20F3NO2/c1-13-3-9-17(10-4-13)25-14(2)18(24)23-12-11-15-5-7-16(8-6-15)19(20,21)22/h3-10,14H,11-12H2,1-2H3,(H,23,24). The van der Waals surface area contributed by atoms with Crippen LogP contribution in [0.4, 0.5) is 13.2 Å². The summed E-state index contributed by atoms with van der Waals surface area (Å²) in [5.74, 6) is 0.337. The van der Waals surface area contributed by atoms with Crippen LogP contribution in [-0.4, -0.2) is 18.6 Å². The minimum absolute atomic E-state index is 0.271. The van der Waals surface area contributed by atoms with Gasteiger partial charge in [0.15, 0.2) is 6.10 Å². The number of halogens is 3. The maximum Gasteiger partial charge on any atom is 0.416 e. The van der Waals surface area contributed by atoms with E-state index in [1.54, 1.807) is 19.1 Å². The van der Waals surface area contributed by atoms with Crippen LogP contribution in [0.3, 0.4) is 0 Å². The Morgan fingerprint density at radius 3 is 2.24 bits per heavy atom. The average molecular weight is 351 g/mol. The van der Waals surface area contributed by atoms with E-state index in [9.17, 15) is 18.0 Å². The Hall–Kier alpha value is -2.50. The van der Waals surface area contributed by atoms with Gasteiger partial charge in [-0.25, -0.2) is 0 Å². The molecule has 0 spiro atoms. The molecule has 0 aromatic heterocycles. The third kappa shape index (κ3) is 5.81. The van der Waals surface area contributed by atoms with Crippen molar-refractivity contribution in [3.8, 4) is 5.75 Å². The summed E-state index contributed by atoms with van der Waals surface area (Å²) in [6.07, 6.45) is -4.55. The molecule has 0 aliphatic carbocycles. The van der Waals surface area contributed by atoms with Gasteiger partial charge >= 0.3 is 6.18 Å². The second-order valence-electron chi connectivity index (χ2n) is 5.81. The van der Waals surface area contributed by atoms with Crippen LogP contribution in [0.1, 0.15) is 23.6 Å². The van der Waals surface area contributed by atoms with E-state index in [4.69, 9.17) is 4.74 Å². The predicted molar refractivity (Wildman–Crippen MR) is 89.4 cm³/mol. The highest BCUT2D eigenvalue weighted by atomic mass is 19.4. The summed E-state index contributed by atoms with van der Waals surface area (Å²) in [4.78, 5) is 12.0. The van der Waals surface area contributed by atoms with Crippen molar-refractivity contribution in [1.82, 2.24) is 5.32 Å². The highest BCUT2D eigenvalue weighted by molar-refractivity contribution is 5.80. The first-order valence-electron chi connectivity index (χ1n) is 7.93. The summed E-state index contributed by atoms with van der Waals surface area (Å²) in [5, 5.41) is 2.72. The van der Waals surface area contributed by atoms with Crippen LogP contribution >= 0.6 is 0 Å². The molecule has 0 saturated carbocycles. The summed E-state index contributed by atoms with van der Waals surface area (Å²) in [5.41, 5.74) is 1.14. The second-order valence-corrected chi connectivity index (χ2v) is 5.81. The summed E-state index contributed by atoms with van der Waals surface area (Å²) < 4.78 is 43.0. The van der Waals surface area contributed by atoms with Gasteiger partial charge in [-0.1, -0.05) is 29.8 Å². The molecule has 134 valence electrons. The number of amides is 1. The van der Waals surface area contributed by atoms with Gasteiger partial charge in [0.2, 0.25) is 0 Å². The van der Waals surface area contributed by atoms with Crippen molar-refractivity contribution in [3.05, 3.63) is 65.2 Å². The monoisotopic (exact) mass is 351 g/mol. The van der Waals surface area contributed by atoms with Crippen molar-refractivity contribution >= 4 is 5.91 Å². The molecular weight excluding hydrogens is 331 g/mol. The van der Waals surface area contributed by atoms with Crippen LogP contribution < -0.4 is 10.1 Å². The highest BCUT2D eigenvalue weighted by Crippen LogP contribution is 2.29. The van der Waals surface area contributed by atoms with Crippen LogP contribution in [0, 0.1) is 6.92 Å². The summed E-state index contributed by atoms with van der Waals surface area (Å²) in [6.45, 7) is 3.93. The Bertz CT molecular complexity index is 694. The molecule has 0 heterocycles. The lowest BCUT2D eigenvalue weighted by Gasteiger charge is -2.15. The van der Waals surface area contributed by atoms with Crippen LogP contribution in [0.15, 0.2) is 48.5 Å². The van der Waals surface area contributed by atoms with Crippen molar-refractivity contribution in [3.63, 3.8) is 0 Å². The van der Waals surface area contributed by atoms with Crippen LogP contribution in [0.5, 0.6) is 5.75 Å². The van der Waals surface area contributed by atoms with Crippen LogP contribution in [0.25, 0.3) is 0 Å². The molecule has 0 saturated heterocycles. The molecule has 2 rings (SSSR count). The maximum atomic E-state index is 12.5. The maximum absolute atomic E-state index is 12.5. The fraction of sp³-hybridized carbons (Fsp3) is 0.316. The largest absolute Gasteiger partial charge is 0.481 e. The molecule has 0 aliphatic rings.